The van der Waals surface area contributed by atoms with Crippen LogP contribution < -0.4 is 0 Å². The molecule has 1 spiro atoms. The fraction of sp³-hybridized carbons (Fsp3) is 0.632. The summed E-state index contributed by atoms with van der Waals surface area (Å²) < 4.78 is 9.07. The van der Waals surface area contributed by atoms with Crippen molar-refractivity contribution >= 4 is 22.9 Å². The summed E-state index contributed by atoms with van der Waals surface area (Å²) in [6.45, 7) is 7.94. The number of rotatable bonds is 4. The van der Waals surface area contributed by atoms with E-state index in [9.17, 15) is 5.11 Å². The van der Waals surface area contributed by atoms with E-state index in [2.05, 4.69) is 30.0 Å². The predicted octanol–water partition coefficient (Wildman–Crippen LogP) is 3.56. The number of hydrogen-bond acceptors (Lipinski definition) is 5. The molecule has 0 radical (unpaired) electrons. The molecule has 0 aliphatic carbocycles. The highest BCUT2D eigenvalue weighted by atomic mass is 35.5. The van der Waals surface area contributed by atoms with Crippen LogP contribution in [0.15, 0.2) is 12.4 Å². The second-order valence-corrected chi connectivity index (χ2v) is 9.01. The molecule has 4 heterocycles. The van der Waals surface area contributed by atoms with Gasteiger partial charge >= 0.3 is 0 Å². The van der Waals surface area contributed by atoms with Gasteiger partial charge in [-0.3, -0.25) is 9.58 Å². The summed E-state index contributed by atoms with van der Waals surface area (Å²) in [4.78, 5) is 3.77. The number of thiophene rings is 1. The maximum atomic E-state index is 9.70. The van der Waals surface area contributed by atoms with E-state index >= 15 is 0 Å². The van der Waals surface area contributed by atoms with Crippen LogP contribution in [-0.4, -0.2) is 39.0 Å². The molecule has 0 bridgehead atoms. The lowest BCUT2D eigenvalue weighted by molar-refractivity contribution is -0.110. The van der Waals surface area contributed by atoms with Crippen LogP contribution in [0, 0.1) is 0 Å². The third-order valence-corrected chi connectivity index (χ3v) is 7.53. The van der Waals surface area contributed by atoms with Gasteiger partial charge in [0.25, 0.3) is 0 Å². The van der Waals surface area contributed by atoms with Gasteiger partial charge in [0.05, 0.1) is 23.7 Å². The standard InChI is InChI=1S/C19H26ClN3O2S/c1-3-23-11-14(9-21-23)10-22-6-5-19(8-13(22)2)17-15(4-7-25-19)16(12-24)18(20)26-17/h9,11,13,24H,3-8,10,12H2,1-2H3/t13-,19?/m0/s1. The predicted molar refractivity (Wildman–Crippen MR) is 104 cm³/mol. The second kappa shape index (κ2) is 7.24. The Bertz CT molecular complexity index is 790. The molecule has 0 saturated carbocycles. The number of halogens is 1. The number of aromatic nitrogens is 2. The SMILES string of the molecule is CCn1cc(CN2CCC3(C[C@@H]2C)OCCc2c3sc(Cl)c2CO)cn1. The Balaban J connectivity index is 1.53. The van der Waals surface area contributed by atoms with Crippen molar-refractivity contribution in [2.24, 2.45) is 0 Å². The van der Waals surface area contributed by atoms with E-state index in [0.29, 0.717) is 12.6 Å². The summed E-state index contributed by atoms with van der Waals surface area (Å²) in [5.41, 5.74) is 3.18. The minimum Gasteiger partial charge on any atom is -0.392 e. The Morgan fingerprint density at radius 3 is 3.04 bits per heavy atom. The molecule has 2 aromatic rings. The topological polar surface area (TPSA) is 50.5 Å². The molecule has 0 aromatic carbocycles. The van der Waals surface area contributed by atoms with Crippen molar-refractivity contribution in [1.82, 2.24) is 14.7 Å². The van der Waals surface area contributed by atoms with E-state index in [4.69, 9.17) is 16.3 Å². The average molecular weight is 396 g/mol. The van der Waals surface area contributed by atoms with Crippen LogP contribution in [0.25, 0.3) is 0 Å². The average Bonchev–Trinajstić information content (AvgIpc) is 3.22. The molecule has 142 valence electrons. The number of ether oxygens (including phenoxy) is 1. The smallest absolute Gasteiger partial charge is 0.105 e. The lowest BCUT2D eigenvalue weighted by atomic mass is 9.81. The monoisotopic (exact) mass is 395 g/mol. The quantitative estimate of drug-likeness (QED) is 0.859. The zero-order chi connectivity index (χ0) is 18.3. The van der Waals surface area contributed by atoms with Gasteiger partial charge in [-0.2, -0.15) is 5.10 Å². The van der Waals surface area contributed by atoms with Crippen molar-refractivity contribution < 1.29 is 9.84 Å². The van der Waals surface area contributed by atoms with E-state index < -0.39 is 0 Å². The Morgan fingerprint density at radius 2 is 2.35 bits per heavy atom. The third-order valence-electron chi connectivity index (χ3n) is 5.82. The van der Waals surface area contributed by atoms with Gasteiger partial charge in [0, 0.05) is 47.9 Å². The number of hydrogen-bond donors (Lipinski definition) is 1. The summed E-state index contributed by atoms with van der Waals surface area (Å²) in [6.07, 6.45) is 6.89. The maximum Gasteiger partial charge on any atom is 0.105 e. The number of aliphatic hydroxyl groups excluding tert-OH is 1. The van der Waals surface area contributed by atoms with Crippen molar-refractivity contribution in [3.63, 3.8) is 0 Å². The number of piperidine rings is 1. The van der Waals surface area contributed by atoms with Gasteiger partial charge in [0.2, 0.25) is 0 Å². The van der Waals surface area contributed by atoms with Crippen LogP contribution in [0.2, 0.25) is 4.34 Å². The van der Waals surface area contributed by atoms with Gasteiger partial charge in [-0.05, 0) is 38.7 Å². The zero-order valence-electron chi connectivity index (χ0n) is 15.4. The molecular formula is C19H26ClN3O2S. The summed E-state index contributed by atoms with van der Waals surface area (Å²) >= 11 is 8.02. The van der Waals surface area contributed by atoms with E-state index in [1.54, 1.807) is 11.3 Å². The lowest BCUT2D eigenvalue weighted by Crippen LogP contribution is -2.50. The van der Waals surface area contributed by atoms with Crippen molar-refractivity contribution in [1.29, 1.82) is 0 Å². The fourth-order valence-corrected chi connectivity index (χ4v) is 6.07. The van der Waals surface area contributed by atoms with Crippen molar-refractivity contribution in [3.05, 3.63) is 38.3 Å². The Hall–Kier alpha value is -0.920. The number of likely N-dealkylation sites (tertiary alicyclic amines) is 1. The Morgan fingerprint density at radius 1 is 1.50 bits per heavy atom. The van der Waals surface area contributed by atoms with E-state index in [-0.39, 0.29) is 12.2 Å². The van der Waals surface area contributed by atoms with Gasteiger partial charge in [-0.25, -0.2) is 0 Å². The molecule has 26 heavy (non-hydrogen) atoms. The first-order valence-corrected chi connectivity index (χ1v) is 10.6. The third kappa shape index (κ3) is 3.12. The van der Waals surface area contributed by atoms with Crippen molar-refractivity contribution in [3.8, 4) is 0 Å². The van der Waals surface area contributed by atoms with Crippen LogP contribution in [0.5, 0.6) is 0 Å². The van der Waals surface area contributed by atoms with E-state index in [1.807, 2.05) is 10.9 Å². The van der Waals surface area contributed by atoms with Gasteiger partial charge in [-0.15, -0.1) is 11.3 Å². The highest BCUT2D eigenvalue weighted by Crippen LogP contribution is 2.49. The molecule has 1 saturated heterocycles. The number of nitrogens with zero attached hydrogens (tertiary/aromatic N) is 3. The number of fused-ring (bicyclic) bond motifs is 2. The molecule has 2 aliphatic heterocycles. The van der Waals surface area contributed by atoms with E-state index in [0.717, 1.165) is 48.8 Å². The van der Waals surface area contributed by atoms with Gasteiger partial charge in [0.1, 0.15) is 5.60 Å². The molecule has 2 aliphatic rings. The summed E-state index contributed by atoms with van der Waals surface area (Å²) in [6, 6.07) is 0.415. The number of aliphatic hydroxyl groups is 1. The van der Waals surface area contributed by atoms with Crippen LogP contribution in [0.1, 0.15) is 48.3 Å². The number of aryl methyl sites for hydroxylation is 1. The van der Waals surface area contributed by atoms with Crippen LogP contribution in [0.3, 0.4) is 0 Å². The molecule has 2 aromatic heterocycles. The molecule has 1 fully saturated rings. The van der Waals surface area contributed by atoms with Crippen LogP contribution in [-0.2, 0) is 36.5 Å². The molecule has 4 rings (SSSR count). The Labute approximate surface area is 163 Å². The summed E-state index contributed by atoms with van der Waals surface area (Å²) in [7, 11) is 0. The lowest BCUT2D eigenvalue weighted by Gasteiger charge is -2.47. The highest BCUT2D eigenvalue weighted by Gasteiger charge is 2.45. The maximum absolute atomic E-state index is 9.70. The molecule has 7 heteroatoms. The first kappa shape index (κ1) is 18.4. The van der Waals surface area contributed by atoms with Gasteiger partial charge in [0.15, 0.2) is 0 Å². The molecule has 5 nitrogen and oxygen atoms in total. The minimum absolute atomic E-state index is 0.0177. The van der Waals surface area contributed by atoms with Crippen LogP contribution >= 0.6 is 22.9 Å². The van der Waals surface area contributed by atoms with E-state index in [1.165, 1.54) is 16.0 Å². The molecule has 1 unspecified atom stereocenters. The first-order valence-electron chi connectivity index (χ1n) is 9.37. The molecule has 2 atom stereocenters. The van der Waals surface area contributed by atoms with Crippen molar-refractivity contribution in [2.75, 3.05) is 13.2 Å². The largest absolute Gasteiger partial charge is 0.392 e. The van der Waals surface area contributed by atoms with Gasteiger partial charge in [-0.1, -0.05) is 11.6 Å². The highest BCUT2D eigenvalue weighted by molar-refractivity contribution is 7.16. The minimum atomic E-state index is -0.237. The fourth-order valence-electron chi connectivity index (χ4n) is 4.39. The zero-order valence-corrected chi connectivity index (χ0v) is 16.9. The molecule has 1 N–H and O–H groups in total. The molecule has 0 amide bonds. The Kier molecular flexibility index (Phi) is 5.14. The molecular weight excluding hydrogens is 370 g/mol. The first-order chi connectivity index (χ1) is 12.6. The van der Waals surface area contributed by atoms with Crippen LogP contribution in [0.4, 0.5) is 0 Å². The second-order valence-electron chi connectivity index (χ2n) is 7.39. The summed E-state index contributed by atoms with van der Waals surface area (Å²) in [5, 5.41) is 14.1. The normalized spacial score (nSPS) is 26.4. The van der Waals surface area contributed by atoms with Gasteiger partial charge < -0.3 is 9.84 Å². The van der Waals surface area contributed by atoms with Crippen molar-refractivity contribution in [2.45, 2.75) is 64.4 Å². The summed E-state index contributed by atoms with van der Waals surface area (Å²) in [5.74, 6) is 0.